The number of carbonyl (C=O) groups is 2. The smallest absolute Gasteiger partial charge is 0.262 e. The van der Waals surface area contributed by atoms with Gasteiger partial charge in [0.1, 0.15) is 5.75 Å². The maximum atomic E-state index is 12.0. The highest BCUT2D eigenvalue weighted by Gasteiger charge is 2.12. The monoisotopic (exact) mass is 351 g/mol. The van der Waals surface area contributed by atoms with E-state index < -0.39 is 0 Å². The second kappa shape index (κ2) is 7.49. The molecule has 2 rings (SSSR count). The molecule has 0 unspecified atom stereocenters. The fourth-order valence-corrected chi connectivity index (χ4v) is 2.31. The van der Waals surface area contributed by atoms with E-state index in [-0.39, 0.29) is 18.3 Å². The van der Waals surface area contributed by atoms with Crippen molar-refractivity contribution >= 4 is 40.6 Å². The SMILES string of the molecule is CC(=O)c1cc(Cl)ccc1OCC(=O)Nc1cc(Cl)ccc1C. The van der Waals surface area contributed by atoms with Crippen LogP contribution in [0.1, 0.15) is 22.8 Å². The van der Waals surface area contributed by atoms with Gasteiger partial charge in [-0.2, -0.15) is 0 Å². The summed E-state index contributed by atoms with van der Waals surface area (Å²) in [7, 11) is 0. The summed E-state index contributed by atoms with van der Waals surface area (Å²) in [4.78, 5) is 23.6. The minimum Gasteiger partial charge on any atom is -0.483 e. The zero-order valence-corrected chi connectivity index (χ0v) is 14.2. The van der Waals surface area contributed by atoms with Crippen LogP contribution in [0.25, 0.3) is 0 Å². The quantitative estimate of drug-likeness (QED) is 0.805. The Bertz CT molecular complexity index is 759. The summed E-state index contributed by atoms with van der Waals surface area (Å²) < 4.78 is 5.43. The molecule has 2 aromatic carbocycles. The minimum absolute atomic E-state index is 0.186. The van der Waals surface area contributed by atoms with Crippen molar-refractivity contribution in [3.05, 3.63) is 57.6 Å². The van der Waals surface area contributed by atoms with Gasteiger partial charge in [0, 0.05) is 15.7 Å². The van der Waals surface area contributed by atoms with Gasteiger partial charge in [0.15, 0.2) is 12.4 Å². The fourth-order valence-electron chi connectivity index (χ4n) is 1.96. The van der Waals surface area contributed by atoms with Gasteiger partial charge in [0.2, 0.25) is 0 Å². The van der Waals surface area contributed by atoms with Crippen molar-refractivity contribution in [2.24, 2.45) is 0 Å². The molecule has 0 aromatic heterocycles. The molecular formula is C17H15Cl2NO3. The minimum atomic E-state index is -0.347. The molecule has 6 heteroatoms. The Morgan fingerprint density at radius 3 is 2.43 bits per heavy atom. The predicted octanol–water partition coefficient (Wildman–Crippen LogP) is 4.52. The van der Waals surface area contributed by atoms with Crippen LogP contribution in [0.3, 0.4) is 0 Å². The number of hydrogen-bond donors (Lipinski definition) is 1. The number of nitrogens with one attached hydrogen (secondary N) is 1. The van der Waals surface area contributed by atoms with Gasteiger partial charge in [-0.05, 0) is 49.7 Å². The van der Waals surface area contributed by atoms with Crippen LogP contribution in [0.5, 0.6) is 5.75 Å². The molecule has 0 saturated carbocycles. The van der Waals surface area contributed by atoms with Crippen molar-refractivity contribution < 1.29 is 14.3 Å². The van der Waals surface area contributed by atoms with Crippen molar-refractivity contribution in [3.8, 4) is 5.75 Å². The summed E-state index contributed by atoms with van der Waals surface area (Å²) in [6.45, 7) is 3.04. The molecule has 0 aliphatic heterocycles. The number of aryl methyl sites for hydroxylation is 1. The summed E-state index contributed by atoms with van der Waals surface area (Å²) in [5, 5.41) is 3.68. The standard InChI is InChI=1S/C17H15Cl2NO3/c1-10-3-4-13(19)8-15(10)20-17(22)9-23-16-6-5-12(18)7-14(16)11(2)21/h3-8H,9H2,1-2H3,(H,20,22). The van der Waals surface area contributed by atoms with Crippen molar-refractivity contribution in [3.63, 3.8) is 0 Å². The van der Waals surface area contributed by atoms with Gasteiger partial charge in [-0.15, -0.1) is 0 Å². The number of benzene rings is 2. The Morgan fingerprint density at radius 1 is 1.09 bits per heavy atom. The van der Waals surface area contributed by atoms with Gasteiger partial charge in [0.05, 0.1) is 5.56 Å². The van der Waals surface area contributed by atoms with Crippen LogP contribution in [0.15, 0.2) is 36.4 Å². The maximum absolute atomic E-state index is 12.0. The Kier molecular flexibility index (Phi) is 5.64. The van der Waals surface area contributed by atoms with Crippen LogP contribution in [0, 0.1) is 6.92 Å². The number of ketones is 1. The van der Waals surface area contributed by atoms with Gasteiger partial charge < -0.3 is 10.1 Å². The first-order valence-corrected chi connectivity index (χ1v) is 7.61. The lowest BCUT2D eigenvalue weighted by molar-refractivity contribution is -0.118. The van der Waals surface area contributed by atoms with Crippen molar-refractivity contribution in [2.75, 3.05) is 11.9 Å². The Morgan fingerprint density at radius 2 is 1.74 bits per heavy atom. The van der Waals surface area contributed by atoms with E-state index in [4.69, 9.17) is 27.9 Å². The van der Waals surface area contributed by atoms with Crippen LogP contribution in [0.4, 0.5) is 5.69 Å². The fraction of sp³-hybridized carbons (Fsp3) is 0.176. The summed E-state index contributed by atoms with van der Waals surface area (Å²) in [5.74, 6) is -0.215. The van der Waals surface area contributed by atoms with E-state index in [0.717, 1.165) is 5.56 Å². The Labute approximate surface area is 144 Å². The lowest BCUT2D eigenvalue weighted by Gasteiger charge is -2.12. The Hall–Kier alpha value is -2.04. The average molecular weight is 352 g/mol. The number of Topliss-reactive ketones (excluding diaryl/α,β-unsaturated/α-hetero) is 1. The first kappa shape index (κ1) is 17.3. The molecule has 0 saturated heterocycles. The van der Waals surface area contributed by atoms with Gasteiger partial charge in [0.25, 0.3) is 5.91 Å². The van der Waals surface area contributed by atoms with Crippen LogP contribution in [-0.2, 0) is 4.79 Å². The molecule has 23 heavy (non-hydrogen) atoms. The average Bonchev–Trinajstić information content (AvgIpc) is 2.49. The molecule has 0 heterocycles. The van der Waals surface area contributed by atoms with E-state index in [9.17, 15) is 9.59 Å². The van der Waals surface area contributed by atoms with E-state index in [2.05, 4.69) is 5.32 Å². The molecule has 0 atom stereocenters. The van der Waals surface area contributed by atoms with Crippen LogP contribution < -0.4 is 10.1 Å². The lowest BCUT2D eigenvalue weighted by atomic mass is 10.1. The van der Waals surface area contributed by atoms with E-state index in [0.29, 0.717) is 27.0 Å². The summed E-state index contributed by atoms with van der Waals surface area (Å²) in [5.41, 5.74) is 1.84. The number of ether oxygens (including phenoxy) is 1. The number of anilines is 1. The molecule has 120 valence electrons. The Balaban J connectivity index is 2.05. The predicted molar refractivity (Wildman–Crippen MR) is 91.8 cm³/mol. The van der Waals surface area contributed by atoms with Crippen molar-refractivity contribution in [1.29, 1.82) is 0 Å². The van der Waals surface area contributed by atoms with Crippen molar-refractivity contribution in [1.82, 2.24) is 0 Å². The number of amides is 1. The number of halogens is 2. The van der Waals surface area contributed by atoms with Gasteiger partial charge in [-0.1, -0.05) is 29.3 Å². The number of hydrogen-bond acceptors (Lipinski definition) is 3. The molecule has 0 bridgehead atoms. The van der Waals surface area contributed by atoms with E-state index in [1.807, 2.05) is 13.0 Å². The van der Waals surface area contributed by atoms with Crippen LogP contribution >= 0.6 is 23.2 Å². The number of carbonyl (C=O) groups excluding carboxylic acids is 2. The molecular weight excluding hydrogens is 337 g/mol. The second-order valence-electron chi connectivity index (χ2n) is 4.99. The summed E-state index contributed by atoms with van der Waals surface area (Å²) >= 11 is 11.8. The molecule has 1 N–H and O–H groups in total. The number of rotatable bonds is 5. The molecule has 0 fully saturated rings. The van der Waals surface area contributed by atoms with E-state index >= 15 is 0 Å². The van der Waals surface area contributed by atoms with Crippen molar-refractivity contribution in [2.45, 2.75) is 13.8 Å². The molecule has 0 aliphatic carbocycles. The highest BCUT2D eigenvalue weighted by molar-refractivity contribution is 6.31. The van der Waals surface area contributed by atoms with Gasteiger partial charge >= 0.3 is 0 Å². The van der Waals surface area contributed by atoms with Crippen LogP contribution in [-0.4, -0.2) is 18.3 Å². The third-order valence-corrected chi connectivity index (χ3v) is 3.62. The largest absolute Gasteiger partial charge is 0.483 e. The highest BCUT2D eigenvalue weighted by atomic mass is 35.5. The molecule has 0 aliphatic rings. The van der Waals surface area contributed by atoms with Gasteiger partial charge in [-0.3, -0.25) is 9.59 Å². The lowest BCUT2D eigenvalue weighted by Crippen LogP contribution is -2.21. The zero-order chi connectivity index (χ0) is 17.0. The third-order valence-electron chi connectivity index (χ3n) is 3.15. The summed E-state index contributed by atoms with van der Waals surface area (Å²) in [6.07, 6.45) is 0. The summed E-state index contributed by atoms with van der Waals surface area (Å²) in [6, 6.07) is 9.90. The van der Waals surface area contributed by atoms with Crippen LogP contribution in [0.2, 0.25) is 10.0 Å². The third kappa shape index (κ3) is 4.71. The molecule has 0 spiro atoms. The molecule has 0 radical (unpaired) electrons. The maximum Gasteiger partial charge on any atom is 0.262 e. The molecule has 1 amide bonds. The first-order chi connectivity index (χ1) is 10.9. The van der Waals surface area contributed by atoms with E-state index in [1.54, 1.807) is 24.3 Å². The molecule has 2 aromatic rings. The highest BCUT2D eigenvalue weighted by Crippen LogP contribution is 2.24. The topological polar surface area (TPSA) is 55.4 Å². The second-order valence-corrected chi connectivity index (χ2v) is 5.87. The normalized spacial score (nSPS) is 10.3. The zero-order valence-electron chi connectivity index (χ0n) is 12.7. The molecule has 4 nitrogen and oxygen atoms in total. The van der Waals surface area contributed by atoms with E-state index in [1.165, 1.54) is 13.0 Å². The van der Waals surface area contributed by atoms with Gasteiger partial charge in [-0.25, -0.2) is 0 Å². The first-order valence-electron chi connectivity index (χ1n) is 6.86.